The molecule has 0 aromatic heterocycles. The van der Waals surface area contributed by atoms with E-state index in [-0.39, 0.29) is 23.2 Å². The number of hydrogen-bond acceptors (Lipinski definition) is 4. The molecule has 0 aliphatic rings. The zero-order valence-corrected chi connectivity index (χ0v) is 21.0. The van der Waals surface area contributed by atoms with Gasteiger partial charge < -0.3 is 14.6 Å². The van der Waals surface area contributed by atoms with Gasteiger partial charge in [0.25, 0.3) is 0 Å². The predicted molar refractivity (Wildman–Crippen MR) is 121 cm³/mol. The minimum atomic E-state index is -2.28. The van der Waals surface area contributed by atoms with Gasteiger partial charge in [0.2, 0.25) is 0 Å². The fourth-order valence-corrected chi connectivity index (χ4v) is 4.73. The molecule has 0 radical (unpaired) electrons. The summed E-state index contributed by atoms with van der Waals surface area (Å²) in [6.07, 6.45) is 2.72. The van der Waals surface area contributed by atoms with E-state index in [2.05, 4.69) is 40.4 Å². The van der Waals surface area contributed by atoms with Crippen molar-refractivity contribution in [3.8, 4) is 0 Å². The number of Topliss-reactive ketones (excluding diaryl/α,β-unsaturated/α-hetero) is 1. The lowest BCUT2D eigenvalue weighted by atomic mass is 9.73. The number of aliphatic hydroxyl groups is 1. The second kappa shape index (κ2) is 10.9. The van der Waals surface area contributed by atoms with Crippen LogP contribution in [-0.4, -0.2) is 42.5 Å². The van der Waals surface area contributed by atoms with Crippen LogP contribution in [0.3, 0.4) is 0 Å². The number of hydrogen-bond donors (Lipinski definition) is 2. The minimum absolute atomic E-state index is 0.0241. The summed E-state index contributed by atoms with van der Waals surface area (Å²) in [6, 6.07) is 0. The van der Waals surface area contributed by atoms with Crippen LogP contribution in [0.2, 0.25) is 18.1 Å². The lowest BCUT2D eigenvalue weighted by molar-refractivity contribution is -0.146. The monoisotopic (exact) mass is 428 g/mol. The molecule has 0 saturated carbocycles. The molecule has 0 saturated heterocycles. The Morgan fingerprint density at radius 3 is 2.07 bits per heavy atom. The number of carboxylic acids is 1. The van der Waals surface area contributed by atoms with E-state index in [1.54, 1.807) is 20.8 Å². The topological polar surface area (TPSA) is 83.8 Å². The fraction of sp³-hybridized carbons (Fsp3) is 0.826. The van der Waals surface area contributed by atoms with Crippen LogP contribution in [0.15, 0.2) is 12.7 Å². The van der Waals surface area contributed by atoms with Crippen LogP contribution in [0, 0.1) is 17.3 Å². The molecule has 0 heterocycles. The average molecular weight is 429 g/mol. The van der Waals surface area contributed by atoms with Crippen LogP contribution in [0.5, 0.6) is 0 Å². The maximum atomic E-state index is 13.4. The third kappa shape index (κ3) is 7.98. The number of carbonyl (C=O) groups is 2. The molecule has 6 heteroatoms. The van der Waals surface area contributed by atoms with Crippen molar-refractivity contribution >= 4 is 20.1 Å². The molecule has 170 valence electrons. The summed E-state index contributed by atoms with van der Waals surface area (Å²) < 4.78 is 6.41. The lowest BCUT2D eigenvalue weighted by Crippen LogP contribution is -2.52. The summed E-state index contributed by atoms with van der Waals surface area (Å²) in [6.45, 7) is 21.3. The molecule has 0 aliphatic heterocycles. The van der Waals surface area contributed by atoms with Crippen molar-refractivity contribution in [2.24, 2.45) is 17.3 Å². The van der Waals surface area contributed by atoms with Crippen LogP contribution < -0.4 is 0 Å². The van der Waals surface area contributed by atoms with Crippen molar-refractivity contribution in [2.45, 2.75) is 104 Å². The molecule has 0 bridgehead atoms. The highest BCUT2D eigenvalue weighted by Gasteiger charge is 2.47. The van der Waals surface area contributed by atoms with Crippen molar-refractivity contribution in [3.05, 3.63) is 12.7 Å². The maximum Gasteiger partial charge on any atom is 0.305 e. The highest BCUT2D eigenvalue weighted by molar-refractivity contribution is 6.74. The Morgan fingerprint density at radius 1 is 1.14 bits per heavy atom. The number of carboxylic acid groups (broad SMARTS) is 1. The molecule has 0 aliphatic carbocycles. The number of rotatable bonds is 13. The Bertz CT molecular complexity index is 562. The highest BCUT2D eigenvalue weighted by Crippen LogP contribution is 2.41. The molecule has 29 heavy (non-hydrogen) atoms. The van der Waals surface area contributed by atoms with Crippen molar-refractivity contribution in [1.82, 2.24) is 0 Å². The Kier molecular flexibility index (Phi) is 10.5. The van der Waals surface area contributed by atoms with Gasteiger partial charge in [0, 0.05) is 11.3 Å². The molecule has 4 atom stereocenters. The van der Waals surface area contributed by atoms with Crippen LogP contribution in [0.25, 0.3) is 0 Å². The van der Waals surface area contributed by atoms with Gasteiger partial charge in [-0.3, -0.25) is 9.59 Å². The SMILES string of the molecule is C=CCCC[C@H](C)[C@H](O)[C@@H](C)C(=O)C(C)(C)[C@H](CC(=O)O)O[Si](C)(C)C(C)(C)C. The Morgan fingerprint density at radius 2 is 1.66 bits per heavy atom. The van der Waals surface area contributed by atoms with Gasteiger partial charge in [-0.2, -0.15) is 0 Å². The van der Waals surface area contributed by atoms with Gasteiger partial charge in [0.1, 0.15) is 5.78 Å². The second-order valence-corrected chi connectivity index (χ2v) is 15.3. The van der Waals surface area contributed by atoms with E-state index in [4.69, 9.17) is 4.43 Å². The summed E-state index contributed by atoms with van der Waals surface area (Å²) in [4.78, 5) is 24.9. The standard InChI is InChI=1S/C23H44O5Si/c1-11-12-13-14-16(2)20(26)17(3)21(27)23(7,8)18(15-19(24)25)28-29(9,10)22(4,5)6/h11,16-18,20,26H,1,12-15H2,2-10H3,(H,24,25)/t16-,17+,18-,20-/m0/s1. The molecule has 0 spiro atoms. The highest BCUT2D eigenvalue weighted by atomic mass is 28.4. The molecule has 5 nitrogen and oxygen atoms in total. The number of aliphatic carboxylic acids is 1. The van der Waals surface area contributed by atoms with E-state index in [0.717, 1.165) is 19.3 Å². The van der Waals surface area contributed by atoms with E-state index >= 15 is 0 Å². The van der Waals surface area contributed by atoms with Gasteiger partial charge in [-0.25, -0.2) is 0 Å². The number of allylic oxidation sites excluding steroid dienone is 1. The first-order chi connectivity index (χ1) is 13.0. The lowest BCUT2D eigenvalue weighted by Gasteiger charge is -2.44. The van der Waals surface area contributed by atoms with E-state index < -0.39 is 37.8 Å². The van der Waals surface area contributed by atoms with E-state index in [1.165, 1.54) is 0 Å². The first-order valence-electron chi connectivity index (χ1n) is 10.7. The third-order valence-corrected chi connectivity index (χ3v) is 11.1. The van der Waals surface area contributed by atoms with Gasteiger partial charge >= 0.3 is 5.97 Å². The molecular weight excluding hydrogens is 384 g/mol. The number of unbranched alkanes of at least 4 members (excludes halogenated alkanes) is 1. The number of ketones is 1. The van der Waals surface area contributed by atoms with Gasteiger partial charge in [-0.1, -0.05) is 54.5 Å². The van der Waals surface area contributed by atoms with Crippen molar-refractivity contribution < 1.29 is 24.2 Å². The number of carbonyl (C=O) groups excluding carboxylic acids is 1. The second-order valence-electron chi connectivity index (χ2n) is 10.5. The molecule has 2 N–H and O–H groups in total. The van der Waals surface area contributed by atoms with Gasteiger partial charge in [-0.05, 0) is 43.3 Å². The van der Waals surface area contributed by atoms with E-state index in [9.17, 15) is 19.8 Å². The van der Waals surface area contributed by atoms with Crippen LogP contribution in [0.1, 0.15) is 74.1 Å². The summed E-state index contributed by atoms with van der Waals surface area (Å²) in [5.41, 5.74) is -1.02. The van der Waals surface area contributed by atoms with Crippen molar-refractivity contribution in [2.75, 3.05) is 0 Å². The Hall–Kier alpha value is -0.983. The Balaban J connectivity index is 5.58. The van der Waals surface area contributed by atoms with Crippen LogP contribution in [-0.2, 0) is 14.0 Å². The van der Waals surface area contributed by atoms with Crippen molar-refractivity contribution in [1.29, 1.82) is 0 Å². The molecule has 0 unspecified atom stereocenters. The zero-order chi connectivity index (χ0) is 23.2. The quantitative estimate of drug-likeness (QED) is 0.232. The minimum Gasteiger partial charge on any atom is -0.481 e. The smallest absolute Gasteiger partial charge is 0.305 e. The van der Waals surface area contributed by atoms with Gasteiger partial charge in [-0.15, -0.1) is 6.58 Å². The van der Waals surface area contributed by atoms with E-state index in [0.29, 0.717) is 0 Å². The van der Waals surface area contributed by atoms with E-state index in [1.807, 2.05) is 13.0 Å². The fourth-order valence-electron chi connectivity index (χ4n) is 3.28. The average Bonchev–Trinajstić information content (AvgIpc) is 2.57. The predicted octanol–water partition coefficient (Wildman–Crippen LogP) is 5.44. The molecule has 0 rings (SSSR count). The molecule has 0 aromatic rings. The molecule has 0 amide bonds. The maximum absolute atomic E-state index is 13.4. The summed E-state index contributed by atoms with van der Waals surface area (Å²) in [7, 11) is -2.28. The summed E-state index contributed by atoms with van der Waals surface area (Å²) >= 11 is 0. The van der Waals surface area contributed by atoms with Gasteiger partial charge in [0.15, 0.2) is 8.32 Å². The number of aliphatic hydroxyl groups excluding tert-OH is 1. The summed E-state index contributed by atoms with van der Waals surface area (Å²) in [5.74, 6) is -1.75. The first-order valence-corrected chi connectivity index (χ1v) is 13.6. The Labute approximate surface area is 179 Å². The molecule has 0 aromatic carbocycles. The van der Waals surface area contributed by atoms with Crippen molar-refractivity contribution in [3.63, 3.8) is 0 Å². The molecule has 0 fully saturated rings. The normalized spacial score (nSPS) is 17.3. The van der Waals surface area contributed by atoms with Crippen LogP contribution in [0.4, 0.5) is 0 Å². The summed E-state index contributed by atoms with van der Waals surface area (Å²) in [5, 5.41) is 20.1. The first kappa shape index (κ1) is 28.0. The third-order valence-electron chi connectivity index (χ3n) is 6.62. The largest absolute Gasteiger partial charge is 0.481 e. The van der Waals surface area contributed by atoms with Gasteiger partial charge in [0.05, 0.1) is 18.6 Å². The zero-order valence-electron chi connectivity index (χ0n) is 20.0. The molecular formula is C23H44O5Si. The van der Waals surface area contributed by atoms with Crippen LogP contribution >= 0.6 is 0 Å².